The highest BCUT2D eigenvalue weighted by Gasteiger charge is 2.25. The Morgan fingerprint density at radius 1 is 1.15 bits per heavy atom. The van der Waals surface area contributed by atoms with Gasteiger partial charge in [0.1, 0.15) is 11.6 Å². The number of amides is 1. The van der Waals surface area contributed by atoms with Crippen LogP contribution >= 0.6 is 11.6 Å². The van der Waals surface area contributed by atoms with Gasteiger partial charge >= 0.3 is 0 Å². The minimum Gasteiger partial charge on any atom is -0.481 e. The summed E-state index contributed by atoms with van der Waals surface area (Å²) in [6.45, 7) is 5.80. The molecule has 1 heterocycles. The topological polar surface area (TPSA) is 67.0 Å². The van der Waals surface area contributed by atoms with E-state index in [9.17, 15) is 4.79 Å². The zero-order valence-corrected chi connectivity index (χ0v) is 15.7. The van der Waals surface area contributed by atoms with E-state index in [1.54, 1.807) is 31.2 Å². The molecule has 0 aliphatic heterocycles. The third-order valence-corrected chi connectivity index (χ3v) is 4.38. The molecular weight excluding hydrogens is 350 g/mol. The van der Waals surface area contributed by atoms with Crippen LogP contribution in [0.25, 0.3) is 11.0 Å². The maximum Gasteiger partial charge on any atom is 0.261 e. The molecule has 6 heteroatoms. The van der Waals surface area contributed by atoms with Gasteiger partial charge in [0.2, 0.25) is 0 Å². The molecule has 5 nitrogen and oxygen atoms in total. The smallest absolute Gasteiger partial charge is 0.261 e. The summed E-state index contributed by atoms with van der Waals surface area (Å²) in [6.07, 6.45) is -0.654. The Labute approximate surface area is 157 Å². The van der Waals surface area contributed by atoms with E-state index in [1.807, 2.05) is 38.1 Å². The van der Waals surface area contributed by atoms with E-state index in [2.05, 4.69) is 15.3 Å². The predicted molar refractivity (Wildman–Crippen MR) is 103 cm³/mol. The number of nitrogens with zero attached hydrogens (tertiary/aromatic N) is 1. The van der Waals surface area contributed by atoms with Gasteiger partial charge < -0.3 is 15.0 Å². The lowest BCUT2D eigenvalue weighted by molar-refractivity contribution is -0.128. The van der Waals surface area contributed by atoms with Crippen LogP contribution in [0.4, 0.5) is 0 Å². The number of halogens is 1. The number of rotatable bonds is 6. The number of H-pyrrole nitrogens is 1. The van der Waals surface area contributed by atoms with Crippen LogP contribution in [0, 0.1) is 5.92 Å². The SMILES string of the molecule is CC(Oc1cccc(Cl)c1)C(=O)NC(c1nc2ccccc2[nH]1)C(C)C. The molecule has 0 saturated carbocycles. The lowest BCUT2D eigenvalue weighted by Crippen LogP contribution is -2.40. The lowest BCUT2D eigenvalue weighted by atomic mass is 10.0. The molecule has 2 aromatic carbocycles. The van der Waals surface area contributed by atoms with E-state index in [4.69, 9.17) is 16.3 Å². The van der Waals surface area contributed by atoms with Crippen molar-refractivity contribution in [3.63, 3.8) is 0 Å². The van der Waals surface area contributed by atoms with Crippen LogP contribution in [0.5, 0.6) is 5.75 Å². The van der Waals surface area contributed by atoms with Crippen molar-refractivity contribution in [1.82, 2.24) is 15.3 Å². The van der Waals surface area contributed by atoms with Gasteiger partial charge in [-0.15, -0.1) is 0 Å². The first-order valence-corrected chi connectivity index (χ1v) is 8.99. The minimum absolute atomic E-state index is 0.165. The van der Waals surface area contributed by atoms with E-state index in [0.29, 0.717) is 10.8 Å². The summed E-state index contributed by atoms with van der Waals surface area (Å²) in [7, 11) is 0. The second-order valence-corrected chi connectivity index (χ2v) is 7.02. The average Bonchev–Trinajstić information content (AvgIpc) is 3.02. The molecule has 3 aromatic rings. The second kappa shape index (κ2) is 7.79. The molecule has 1 amide bonds. The van der Waals surface area contributed by atoms with Crippen LogP contribution in [0.1, 0.15) is 32.6 Å². The largest absolute Gasteiger partial charge is 0.481 e. The average molecular weight is 372 g/mol. The zero-order chi connectivity index (χ0) is 18.7. The molecule has 2 N–H and O–H groups in total. The summed E-state index contributed by atoms with van der Waals surface area (Å²) < 4.78 is 5.71. The number of imidazole rings is 1. The number of benzene rings is 2. The minimum atomic E-state index is -0.654. The first kappa shape index (κ1) is 18.3. The molecule has 3 rings (SSSR count). The van der Waals surface area contributed by atoms with Gasteiger partial charge in [-0.1, -0.05) is 43.6 Å². The number of carbonyl (C=O) groups is 1. The van der Waals surface area contributed by atoms with Crippen molar-refractivity contribution >= 4 is 28.5 Å². The number of fused-ring (bicyclic) bond motifs is 1. The fourth-order valence-electron chi connectivity index (χ4n) is 2.74. The Morgan fingerprint density at radius 2 is 1.92 bits per heavy atom. The molecule has 2 atom stereocenters. The number of nitrogens with one attached hydrogen (secondary N) is 2. The molecule has 0 radical (unpaired) electrons. The van der Waals surface area contributed by atoms with Crippen molar-refractivity contribution in [1.29, 1.82) is 0 Å². The van der Waals surface area contributed by atoms with E-state index in [0.717, 1.165) is 16.9 Å². The number of aromatic nitrogens is 2. The van der Waals surface area contributed by atoms with Gasteiger partial charge in [0.25, 0.3) is 5.91 Å². The number of aromatic amines is 1. The predicted octanol–water partition coefficient (Wildman–Crippen LogP) is 4.50. The van der Waals surface area contributed by atoms with Gasteiger partial charge in [-0.25, -0.2) is 4.98 Å². The van der Waals surface area contributed by atoms with Crippen molar-refractivity contribution in [3.8, 4) is 5.75 Å². The Bertz CT molecular complexity index is 874. The van der Waals surface area contributed by atoms with Gasteiger partial charge in [-0.3, -0.25) is 4.79 Å². The fraction of sp³-hybridized carbons (Fsp3) is 0.300. The molecule has 0 aliphatic carbocycles. The Kier molecular flexibility index (Phi) is 5.47. The van der Waals surface area contributed by atoms with Crippen molar-refractivity contribution in [2.75, 3.05) is 0 Å². The highest BCUT2D eigenvalue weighted by atomic mass is 35.5. The van der Waals surface area contributed by atoms with Crippen molar-refractivity contribution in [2.45, 2.75) is 32.9 Å². The number of hydrogen-bond donors (Lipinski definition) is 2. The Balaban J connectivity index is 1.73. The van der Waals surface area contributed by atoms with Crippen LogP contribution in [0.15, 0.2) is 48.5 Å². The Hall–Kier alpha value is -2.53. The first-order valence-electron chi connectivity index (χ1n) is 8.61. The van der Waals surface area contributed by atoms with Gasteiger partial charge in [0.05, 0.1) is 17.1 Å². The molecule has 0 saturated heterocycles. The standard InChI is InChI=1S/C20H22ClN3O2/c1-12(2)18(19-22-16-9-4-5-10-17(16)23-19)24-20(25)13(3)26-15-8-6-7-14(21)11-15/h4-13,18H,1-3H3,(H,22,23)(H,24,25). The molecule has 136 valence electrons. The van der Waals surface area contributed by atoms with Gasteiger partial charge in [0, 0.05) is 5.02 Å². The lowest BCUT2D eigenvalue weighted by Gasteiger charge is -2.23. The molecule has 0 spiro atoms. The summed E-state index contributed by atoms with van der Waals surface area (Å²) in [6, 6.07) is 14.6. The van der Waals surface area contributed by atoms with Crippen molar-refractivity contribution < 1.29 is 9.53 Å². The highest BCUT2D eigenvalue weighted by molar-refractivity contribution is 6.30. The van der Waals surface area contributed by atoms with Crippen LogP contribution in [-0.2, 0) is 4.79 Å². The summed E-state index contributed by atoms with van der Waals surface area (Å²) in [5.41, 5.74) is 1.83. The molecule has 0 aliphatic rings. The quantitative estimate of drug-likeness (QED) is 0.670. The van der Waals surface area contributed by atoms with Crippen molar-refractivity contribution in [3.05, 3.63) is 59.4 Å². The highest BCUT2D eigenvalue weighted by Crippen LogP contribution is 2.23. The molecule has 0 bridgehead atoms. The number of para-hydroxylation sites is 2. The van der Waals surface area contributed by atoms with E-state index < -0.39 is 6.10 Å². The third kappa shape index (κ3) is 4.17. The molecule has 0 fully saturated rings. The monoisotopic (exact) mass is 371 g/mol. The van der Waals surface area contributed by atoms with Crippen LogP contribution < -0.4 is 10.1 Å². The summed E-state index contributed by atoms with van der Waals surface area (Å²) in [5, 5.41) is 3.60. The number of carbonyl (C=O) groups excluding carboxylic acids is 1. The van der Waals surface area contributed by atoms with E-state index in [-0.39, 0.29) is 17.9 Å². The maximum absolute atomic E-state index is 12.6. The summed E-state index contributed by atoms with van der Waals surface area (Å²) in [4.78, 5) is 20.5. The van der Waals surface area contributed by atoms with Crippen LogP contribution in [0.3, 0.4) is 0 Å². The fourth-order valence-corrected chi connectivity index (χ4v) is 2.92. The zero-order valence-electron chi connectivity index (χ0n) is 15.0. The van der Waals surface area contributed by atoms with E-state index >= 15 is 0 Å². The summed E-state index contributed by atoms with van der Waals surface area (Å²) in [5.74, 6) is 1.26. The molecule has 2 unspecified atom stereocenters. The third-order valence-electron chi connectivity index (χ3n) is 4.14. The normalized spacial score (nSPS) is 13.6. The van der Waals surface area contributed by atoms with Crippen LogP contribution in [0.2, 0.25) is 5.02 Å². The molecule has 26 heavy (non-hydrogen) atoms. The molecular formula is C20H22ClN3O2. The second-order valence-electron chi connectivity index (χ2n) is 6.59. The Morgan fingerprint density at radius 3 is 2.62 bits per heavy atom. The number of hydrogen-bond acceptors (Lipinski definition) is 3. The van der Waals surface area contributed by atoms with Gasteiger partial charge in [-0.2, -0.15) is 0 Å². The molecule has 1 aromatic heterocycles. The van der Waals surface area contributed by atoms with Gasteiger partial charge in [-0.05, 0) is 43.2 Å². The van der Waals surface area contributed by atoms with Crippen LogP contribution in [-0.4, -0.2) is 22.0 Å². The number of ether oxygens (including phenoxy) is 1. The van der Waals surface area contributed by atoms with Gasteiger partial charge in [0.15, 0.2) is 6.10 Å². The summed E-state index contributed by atoms with van der Waals surface area (Å²) >= 11 is 5.96. The maximum atomic E-state index is 12.6. The van der Waals surface area contributed by atoms with Crippen molar-refractivity contribution in [2.24, 2.45) is 5.92 Å². The van der Waals surface area contributed by atoms with E-state index in [1.165, 1.54) is 0 Å². The first-order chi connectivity index (χ1) is 12.4.